The number of nitrogens with two attached hydrogens (primary N) is 1. The molecule has 5 nitrogen and oxygen atoms in total. The molecule has 180 valence electrons. The van der Waals surface area contributed by atoms with Crippen molar-refractivity contribution < 1.29 is 14.3 Å². The van der Waals surface area contributed by atoms with Crippen LogP contribution in [0.25, 0.3) is 10.9 Å². The number of para-hydroxylation sites is 1. The monoisotopic (exact) mass is 468 g/mol. The van der Waals surface area contributed by atoms with Crippen molar-refractivity contribution in [3.05, 3.63) is 93.7 Å². The number of anilines is 1. The van der Waals surface area contributed by atoms with Gasteiger partial charge < -0.3 is 19.8 Å². The number of hydrogen-bond donors (Lipinski definition) is 1. The lowest BCUT2D eigenvalue weighted by Gasteiger charge is -2.33. The molecule has 3 aromatic carbocycles. The quantitative estimate of drug-likeness (QED) is 0.276. The van der Waals surface area contributed by atoms with E-state index in [0.29, 0.717) is 23.6 Å². The number of nitrogens with zero attached hydrogens (tertiary/aromatic N) is 1. The molecule has 0 radical (unpaired) electrons. The number of rotatable bonds is 6. The topological polar surface area (TPSA) is 66.5 Å². The van der Waals surface area contributed by atoms with Crippen LogP contribution in [-0.4, -0.2) is 17.1 Å². The lowest BCUT2D eigenvalue weighted by Crippen LogP contribution is -2.32. The number of esters is 1. The van der Waals surface area contributed by atoms with E-state index in [2.05, 4.69) is 43.5 Å². The fourth-order valence-corrected chi connectivity index (χ4v) is 5.78. The predicted molar refractivity (Wildman–Crippen MR) is 140 cm³/mol. The Bertz CT molecular complexity index is 1470. The van der Waals surface area contributed by atoms with Gasteiger partial charge in [-0.15, -0.1) is 0 Å². The predicted octanol–water partition coefficient (Wildman–Crippen LogP) is 6.05. The van der Waals surface area contributed by atoms with Crippen LogP contribution in [-0.2, 0) is 30.2 Å². The number of cyclic esters (lactones) is 1. The molecule has 35 heavy (non-hydrogen) atoms. The van der Waals surface area contributed by atoms with E-state index in [1.807, 2.05) is 50.4 Å². The minimum absolute atomic E-state index is 0.341. The van der Waals surface area contributed by atoms with Crippen molar-refractivity contribution in [2.24, 2.45) is 7.05 Å². The lowest BCUT2D eigenvalue weighted by molar-refractivity contribution is 0.0246. The summed E-state index contributed by atoms with van der Waals surface area (Å²) in [6, 6.07) is 18.1. The van der Waals surface area contributed by atoms with Crippen LogP contribution in [0.15, 0.2) is 54.6 Å². The smallest absolute Gasteiger partial charge is 0.340 e. The van der Waals surface area contributed by atoms with Crippen molar-refractivity contribution in [3.63, 3.8) is 0 Å². The summed E-state index contributed by atoms with van der Waals surface area (Å²) in [6.45, 7) is 8.72. The van der Waals surface area contributed by atoms with Gasteiger partial charge in [0.25, 0.3) is 0 Å². The molecule has 0 bridgehead atoms. The summed E-state index contributed by atoms with van der Waals surface area (Å²) in [4.78, 5) is 13.4. The minimum Gasteiger partial charge on any atom is -0.491 e. The van der Waals surface area contributed by atoms with Gasteiger partial charge in [0.2, 0.25) is 0 Å². The van der Waals surface area contributed by atoms with Gasteiger partial charge in [0.1, 0.15) is 5.75 Å². The zero-order valence-corrected chi connectivity index (χ0v) is 21.1. The molecule has 0 spiro atoms. The highest BCUT2D eigenvalue weighted by Crippen LogP contribution is 2.54. The summed E-state index contributed by atoms with van der Waals surface area (Å²) in [5, 5.41) is 1.04. The maximum absolute atomic E-state index is 13.4. The molecule has 0 fully saturated rings. The number of benzene rings is 3. The van der Waals surface area contributed by atoms with E-state index in [1.165, 1.54) is 0 Å². The van der Waals surface area contributed by atoms with Gasteiger partial charge in [0, 0.05) is 40.3 Å². The third-order valence-electron chi connectivity index (χ3n) is 7.45. The number of aryl methyl sites for hydroxylation is 2. The molecular formula is C30H32N2O3. The number of hydrogen-bond acceptors (Lipinski definition) is 4. The minimum atomic E-state index is -1.19. The molecule has 0 aliphatic carbocycles. The van der Waals surface area contributed by atoms with Gasteiger partial charge in [-0.25, -0.2) is 4.79 Å². The van der Waals surface area contributed by atoms with E-state index in [1.54, 1.807) is 0 Å². The van der Waals surface area contributed by atoms with Gasteiger partial charge in [0.15, 0.2) is 5.60 Å². The second kappa shape index (κ2) is 8.49. The molecule has 5 heteroatoms. The molecule has 1 aliphatic heterocycles. The summed E-state index contributed by atoms with van der Waals surface area (Å²) >= 11 is 0. The van der Waals surface area contributed by atoms with Crippen LogP contribution in [0, 0.1) is 6.92 Å². The fraction of sp³-hybridized carbons (Fsp3) is 0.300. The zero-order chi connectivity index (χ0) is 24.9. The van der Waals surface area contributed by atoms with E-state index in [4.69, 9.17) is 15.2 Å². The first-order chi connectivity index (χ1) is 16.9. The summed E-state index contributed by atoms with van der Waals surface area (Å²) in [6.07, 6.45) is 1.61. The average molecular weight is 469 g/mol. The Balaban J connectivity index is 2.01. The van der Waals surface area contributed by atoms with Crippen LogP contribution in [0.3, 0.4) is 0 Å². The highest BCUT2D eigenvalue weighted by molar-refractivity contribution is 5.99. The van der Waals surface area contributed by atoms with Crippen molar-refractivity contribution in [2.75, 3.05) is 12.3 Å². The molecule has 5 rings (SSSR count). The van der Waals surface area contributed by atoms with Crippen LogP contribution in [0.1, 0.15) is 64.6 Å². The van der Waals surface area contributed by atoms with Crippen LogP contribution < -0.4 is 10.5 Å². The number of fused-ring (bicyclic) bond motifs is 2. The van der Waals surface area contributed by atoms with Crippen LogP contribution in [0.4, 0.5) is 5.69 Å². The summed E-state index contributed by atoms with van der Waals surface area (Å²) in [5.41, 5.74) is 13.7. The summed E-state index contributed by atoms with van der Waals surface area (Å²) in [5.74, 6) is 0.255. The molecule has 0 saturated heterocycles. The third-order valence-corrected chi connectivity index (χ3v) is 7.45. The molecule has 0 amide bonds. The van der Waals surface area contributed by atoms with Crippen LogP contribution in [0.2, 0.25) is 0 Å². The maximum Gasteiger partial charge on any atom is 0.340 e. The van der Waals surface area contributed by atoms with E-state index >= 15 is 0 Å². The summed E-state index contributed by atoms with van der Waals surface area (Å²) in [7, 11) is 2.05. The molecular weight excluding hydrogens is 436 g/mol. The first kappa shape index (κ1) is 23.0. The first-order valence-electron chi connectivity index (χ1n) is 12.3. The standard InChI is InChI=1S/C30H32N2O3/c1-6-19-17-24(28(34-8-3)27(31)20(19)7-2)30(23-15-11-9-13-21(23)29(33)35-30)26-18(4)32(5)25-16-12-10-14-22(25)26/h9-17H,6-8,31H2,1-5H3. The van der Waals surface area contributed by atoms with Crippen LogP contribution >= 0.6 is 0 Å². The van der Waals surface area contributed by atoms with Crippen molar-refractivity contribution in [1.82, 2.24) is 4.57 Å². The van der Waals surface area contributed by atoms with E-state index < -0.39 is 5.60 Å². The zero-order valence-electron chi connectivity index (χ0n) is 21.1. The summed E-state index contributed by atoms with van der Waals surface area (Å²) < 4.78 is 14.9. The molecule has 2 heterocycles. The second-order valence-electron chi connectivity index (χ2n) is 9.10. The van der Waals surface area contributed by atoms with Gasteiger partial charge in [-0.05, 0) is 56.0 Å². The van der Waals surface area contributed by atoms with Crippen molar-refractivity contribution >= 4 is 22.6 Å². The van der Waals surface area contributed by atoms with Crippen molar-refractivity contribution in [3.8, 4) is 5.75 Å². The number of ether oxygens (including phenoxy) is 2. The van der Waals surface area contributed by atoms with Gasteiger partial charge in [-0.3, -0.25) is 0 Å². The van der Waals surface area contributed by atoms with Gasteiger partial charge in [-0.1, -0.05) is 50.2 Å². The Kier molecular flexibility index (Phi) is 5.59. The maximum atomic E-state index is 13.4. The third kappa shape index (κ3) is 3.10. The molecule has 0 saturated carbocycles. The highest BCUT2D eigenvalue weighted by Gasteiger charge is 2.53. The van der Waals surface area contributed by atoms with E-state index in [9.17, 15) is 4.79 Å². The Morgan fingerprint density at radius 3 is 2.43 bits per heavy atom. The molecule has 1 aliphatic rings. The lowest BCUT2D eigenvalue weighted by atomic mass is 9.76. The Morgan fingerprint density at radius 2 is 1.71 bits per heavy atom. The normalized spacial score (nSPS) is 17.0. The van der Waals surface area contributed by atoms with Gasteiger partial charge >= 0.3 is 5.97 Å². The number of carbonyl (C=O) groups is 1. The van der Waals surface area contributed by atoms with E-state index in [0.717, 1.165) is 57.3 Å². The first-order valence-corrected chi connectivity index (χ1v) is 12.3. The average Bonchev–Trinajstić information content (AvgIpc) is 3.31. The Morgan fingerprint density at radius 1 is 1.00 bits per heavy atom. The van der Waals surface area contributed by atoms with Gasteiger partial charge in [0.05, 0.1) is 17.9 Å². The number of nitrogen functional groups attached to an aromatic ring is 1. The molecule has 2 N–H and O–H groups in total. The van der Waals surface area contributed by atoms with Crippen molar-refractivity contribution in [2.45, 2.75) is 46.1 Å². The van der Waals surface area contributed by atoms with Crippen LogP contribution in [0.5, 0.6) is 5.75 Å². The Hall–Kier alpha value is -3.73. The molecule has 1 unspecified atom stereocenters. The van der Waals surface area contributed by atoms with Gasteiger partial charge in [-0.2, -0.15) is 0 Å². The number of aromatic nitrogens is 1. The SMILES string of the molecule is CCOc1c(C2(c3c(C)n(C)c4ccccc34)OC(=O)c3ccccc32)cc(CC)c(CC)c1N. The number of carbonyl (C=O) groups excluding carboxylic acids is 1. The fourth-order valence-electron chi connectivity index (χ4n) is 5.78. The Labute approximate surface area is 206 Å². The highest BCUT2D eigenvalue weighted by atomic mass is 16.6. The largest absolute Gasteiger partial charge is 0.491 e. The van der Waals surface area contributed by atoms with E-state index in [-0.39, 0.29) is 5.97 Å². The molecule has 4 aromatic rings. The second-order valence-corrected chi connectivity index (χ2v) is 9.10. The molecule has 1 aromatic heterocycles. The van der Waals surface area contributed by atoms with Crippen molar-refractivity contribution in [1.29, 1.82) is 0 Å². The molecule has 1 atom stereocenters.